The van der Waals surface area contributed by atoms with Crippen molar-refractivity contribution in [2.75, 3.05) is 5.43 Å². The average molecular weight is 307 g/mol. The first-order valence-electron chi connectivity index (χ1n) is 5.28. The van der Waals surface area contributed by atoms with Crippen LogP contribution in [-0.2, 0) is 0 Å². The lowest BCUT2D eigenvalue weighted by Gasteiger charge is -2.08. The topological polar surface area (TPSA) is 50.4 Å². The molecule has 0 heterocycles. The molecule has 2 rings (SSSR count). The Labute approximate surface area is 113 Å². The van der Waals surface area contributed by atoms with Crippen LogP contribution < -0.4 is 15.6 Å². The first-order valence-corrected chi connectivity index (χ1v) is 6.08. The zero-order valence-electron chi connectivity index (χ0n) is 9.39. The van der Waals surface area contributed by atoms with Crippen molar-refractivity contribution in [3.8, 4) is 5.75 Å². The highest BCUT2D eigenvalue weighted by Gasteiger charge is 2.02. The summed E-state index contributed by atoms with van der Waals surface area (Å²) in [5, 5.41) is 0. The van der Waals surface area contributed by atoms with Crippen LogP contribution in [0.15, 0.2) is 59.1 Å². The summed E-state index contributed by atoms with van der Waals surface area (Å²) in [6, 6.07) is 16.2. The second-order valence-corrected chi connectivity index (χ2v) is 4.38. The number of para-hydroxylation sites is 1. The number of nitrogens with one attached hydrogen (secondary N) is 2. The van der Waals surface area contributed by atoms with Gasteiger partial charge in [0.15, 0.2) is 0 Å². The van der Waals surface area contributed by atoms with E-state index >= 15 is 0 Å². The number of benzene rings is 2. The van der Waals surface area contributed by atoms with Crippen LogP contribution in [-0.4, -0.2) is 6.09 Å². The smallest absolute Gasteiger partial charge is 0.409 e. The van der Waals surface area contributed by atoms with E-state index in [1.54, 1.807) is 24.3 Å². The molecule has 0 bridgehead atoms. The molecule has 0 fully saturated rings. The summed E-state index contributed by atoms with van der Waals surface area (Å²) in [6.07, 6.45) is -0.566. The first kappa shape index (κ1) is 12.4. The molecular formula is C13H11BrN2O2. The molecule has 0 radical (unpaired) electrons. The molecule has 5 heteroatoms. The summed E-state index contributed by atoms with van der Waals surface area (Å²) >= 11 is 3.33. The highest BCUT2D eigenvalue weighted by Crippen LogP contribution is 2.13. The lowest BCUT2D eigenvalue weighted by Crippen LogP contribution is -2.32. The number of hydrogen-bond acceptors (Lipinski definition) is 3. The van der Waals surface area contributed by atoms with Crippen molar-refractivity contribution in [3.63, 3.8) is 0 Å². The Balaban J connectivity index is 1.83. The molecule has 2 N–H and O–H groups in total. The molecule has 1 amide bonds. The average Bonchev–Trinajstić information content (AvgIpc) is 2.39. The van der Waals surface area contributed by atoms with Crippen LogP contribution in [0, 0.1) is 0 Å². The van der Waals surface area contributed by atoms with Crippen LogP contribution in [0.25, 0.3) is 0 Å². The highest BCUT2D eigenvalue weighted by atomic mass is 79.9. The lowest BCUT2D eigenvalue weighted by molar-refractivity contribution is 0.203. The largest absolute Gasteiger partial charge is 0.431 e. The predicted molar refractivity (Wildman–Crippen MR) is 73.4 cm³/mol. The van der Waals surface area contributed by atoms with Gasteiger partial charge in [-0.3, -0.25) is 5.43 Å². The molecule has 0 saturated heterocycles. The van der Waals surface area contributed by atoms with Gasteiger partial charge in [0.05, 0.1) is 5.69 Å². The number of carbonyl (C=O) groups is 1. The Hall–Kier alpha value is -2.01. The van der Waals surface area contributed by atoms with Crippen LogP contribution in [0.1, 0.15) is 0 Å². The fourth-order valence-corrected chi connectivity index (χ4v) is 1.54. The number of ether oxygens (including phenoxy) is 1. The summed E-state index contributed by atoms with van der Waals surface area (Å²) < 4.78 is 6.01. The van der Waals surface area contributed by atoms with Gasteiger partial charge in [-0.25, -0.2) is 10.2 Å². The molecule has 0 saturated carbocycles. The van der Waals surface area contributed by atoms with Crippen molar-refractivity contribution in [3.05, 3.63) is 59.1 Å². The van der Waals surface area contributed by atoms with E-state index in [-0.39, 0.29) is 0 Å². The van der Waals surface area contributed by atoms with Crippen LogP contribution in [0.4, 0.5) is 10.5 Å². The fourth-order valence-electron chi connectivity index (χ4n) is 1.28. The second kappa shape index (κ2) is 6.07. The van der Waals surface area contributed by atoms with Gasteiger partial charge in [0.25, 0.3) is 0 Å². The Bertz CT molecular complexity index is 514. The van der Waals surface area contributed by atoms with Crippen molar-refractivity contribution in [2.24, 2.45) is 0 Å². The lowest BCUT2D eigenvalue weighted by atomic mass is 10.3. The molecule has 2 aromatic carbocycles. The first-order chi connectivity index (χ1) is 8.74. The number of anilines is 1. The Morgan fingerprint density at radius 1 is 1.00 bits per heavy atom. The van der Waals surface area contributed by atoms with Crippen molar-refractivity contribution < 1.29 is 9.53 Å². The van der Waals surface area contributed by atoms with Gasteiger partial charge in [-0.2, -0.15) is 0 Å². The van der Waals surface area contributed by atoms with Gasteiger partial charge in [0.2, 0.25) is 0 Å². The summed E-state index contributed by atoms with van der Waals surface area (Å²) in [5.41, 5.74) is 5.95. The minimum atomic E-state index is -0.566. The highest BCUT2D eigenvalue weighted by molar-refractivity contribution is 9.10. The molecule has 92 valence electrons. The van der Waals surface area contributed by atoms with Gasteiger partial charge < -0.3 is 4.74 Å². The fraction of sp³-hybridized carbons (Fsp3) is 0. The van der Waals surface area contributed by atoms with E-state index in [2.05, 4.69) is 26.8 Å². The Morgan fingerprint density at radius 3 is 2.33 bits per heavy atom. The van der Waals surface area contributed by atoms with Crippen molar-refractivity contribution in [2.45, 2.75) is 0 Å². The van der Waals surface area contributed by atoms with E-state index < -0.39 is 6.09 Å². The molecule has 0 unspecified atom stereocenters. The molecule has 0 aromatic heterocycles. The van der Waals surface area contributed by atoms with Crippen molar-refractivity contribution in [1.29, 1.82) is 0 Å². The van der Waals surface area contributed by atoms with E-state index in [9.17, 15) is 4.79 Å². The number of rotatable bonds is 3. The molecule has 18 heavy (non-hydrogen) atoms. The third-order valence-corrected chi connectivity index (χ3v) is 2.64. The summed E-state index contributed by atoms with van der Waals surface area (Å²) in [6.45, 7) is 0. The minimum Gasteiger partial charge on any atom is -0.409 e. The maximum Gasteiger partial charge on any atom is 0.431 e. The maximum absolute atomic E-state index is 11.4. The van der Waals surface area contributed by atoms with Crippen LogP contribution in [0.5, 0.6) is 5.75 Å². The quantitative estimate of drug-likeness (QED) is 0.852. The van der Waals surface area contributed by atoms with Gasteiger partial charge in [0.1, 0.15) is 5.75 Å². The summed E-state index contributed by atoms with van der Waals surface area (Å²) in [5.74, 6) is 0.493. The minimum absolute atomic E-state index is 0.493. The third-order valence-electron chi connectivity index (χ3n) is 2.11. The van der Waals surface area contributed by atoms with Gasteiger partial charge in [-0.15, -0.1) is 0 Å². The number of hydrazine groups is 1. The van der Waals surface area contributed by atoms with Crippen molar-refractivity contribution in [1.82, 2.24) is 5.43 Å². The third kappa shape index (κ3) is 3.78. The molecule has 0 aliphatic heterocycles. The monoisotopic (exact) mass is 306 g/mol. The number of halogens is 1. The standard InChI is InChI=1S/C13H11BrN2O2/c14-10-6-8-11(9-7-10)15-16-13(17)18-12-4-2-1-3-5-12/h1-9,15H,(H,16,17). The van der Waals surface area contributed by atoms with E-state index in [0.717, 1.165) is 10.2 Å². The molecule has 4 nitrogen and oxygen atoms in total. The van der Waals surface area contributed by atoms with Crippen molar-refractivity contribution >= 4 is 27.7 Å². The summed E-state index contributed by atoms with van der Waals surface area (Å²) in [4.78, 5) is 11.4. The van der Waals surface area contributed by atoms with Gasteiger partial charge in [-0.05, 0) is 36.4 Å². The van der Waals surface area contributed by atoms with Crippen LogP contribution in [0.3, 0.4) is 0 Å². The zero-order chi connectivity index (χ0) is 12.8. The molecule has 2 aromatic rings. The van der Waals surface area contributed by atoms with E-state index in [1.165, 1.54) is 0 Å². The predicted octanol–water partition coefficient (Wildman–Crippen LogP) is 3.56. The number of carbonyl (C=O) groups excluding carboxylic acids is 1. The number of hydrogen-bond donors (Lipinski definition) is 2. The summed E-state index contributed by atoms with van der Waals surface area (Å²) in [7, 11) is 0. The van der Waals surface area contributed by atoms with Gasteiger partial charge in [-0.1, -0.05) is 34.1 Å². The van der Waals surface area contributed by atoms with Gasteiger partial charge in [0, 0.05) is 4.47 Å². The molecule has 0 spiro atoms. The normalized spacial score (nSPS) is 9.61. The van der Waals surface area contributed by atoms with Crippen LogP contribution in [0.2, 0.25) is 0 Å². The Kier molecular flexibility index (Phi) is 4.20. The molecule has 0 atom stereocenters. The van der Waals surface area contributed by atoms with E-state index in [0.29, 0.717) is 5.75 Å². The molecule has 0 aliphatic carbocycles. The van der Waals surface area contributed by atoms with Gasteiger partial charge >= 0.3 is 6.09 Å². The zero-order valence-corrected chi connectivity index (χ0v) is 11.0. The Morgan fingerprint density at radius 2 is 1.67 bits per heavy atom. The maximum atomic E-state index is 11.4. The number of amides is 1. The SMILES string of the molecule is O=C(NNc1ccc(Br)cc1)Oc1ccccc1. The molecular weight excluding hydrogens is 296 g/mol. The van der Waals surface area contributed by atoms with Crippen LogP contribution >= 0.6 is 15.9 Å². The van der Waals surface area contributed by atoms with E-state index in [4.69, 9.17) is 4.74 Å². The molecule has 0 aliphatic rings. The second-order valence-electron chi connectivity index (χ2n) is 3.46. The van der Waals surface area contributed by atoms with E-state index in [1.807, 2.05) is 30.3 Å².